The number of halogens is 6. The number of imide groups is 1. The minimum atomic E-state index is -1.97. The third-order valence-electron chi connectivity index (χ3n) is 5.17. The van der Waals surface area contributed by atoms with Crippen LogP contribution < -0.4 is 4.90 Å². The number of allylic oxidation sites excluding steroid dienone is 2. The van der Waals surface area contributed by atoms with E-state index in [0.29, 0.717) is 0 Å². The summed E-state index contributed by atoms with van der Waals surface area (Å²) in [5.41, 5.74) is 0.267. The molecule has 0 unspecified atom stereocenters. The van der Waals surface area contributed by atoms with Crippen molar-refractivity contribution in [3.8, 4) is 6.07 Å². The Morgan fingerprint density at radius 1 is 0.923 bits per heavy atom. The van der Waals surface area contributed by atoms with Crippen molar-refractivity contribution in [2.24, 2.45) is 11.8 Å². The highest BCUT2D eigenvalue weighted by Crippen LogP contribution is 2.77. The van der Waals surface area contributed by atoms with Crippen molar-refractivity contribution in [2.45, 2.75) is 14.1 Å². The summed E-state index contributed by atoms with van der Waals surface area (Å²) < 4.78 is -1.97. The van der Waals surface area contributed by atoms with E-state index in [4.69, 9.17) is 69.6 Å². The zero-order valence-electron chi connectivity index (χ0n) is 12.4. The molecule has 4 nitrogen and oxygen atoms in total. The third-order valence-corrected chi connectivity index (χ3v) is 9.43. The Morgan fingerprint density at radius 2 is 1.38 bits per heavy atom. The van der Waals surface area contributed by atoms with E-state index in [2.05, 4.69) is 0 Å². The first-order valence-electron chi connectivity index (χ1n) is 7.25. The first-order valence-corrected chi connectivity index (χ1v) is 9.52. The molecule has 0 aromatic heterocycles. The van der Waals surface area contributed by atoms with Crippen LogP contribution in [0, 0.1) is 23.2 Å². The fourth-order valence-electron chi connectivity index (χ4n) is 4.00. The molecule has 2 aliphatic carbocycles. The van der Waals surface area contributed by atoms with Gasteiger partial charge < -0.3 is 0 Å². The summed E-state index contributed by atoms with van der Waals surface area (Å²) in [6, 6.07) is 8.11. The molecule has 2 bridgehead atoms. The molecular formula is C16H6Cl6N2O2. The van der Waals surface area contributed by atoms with E-state index in [0.717, 1.165) is 4.90 Å². The van der Waals surface area contributed by atoms with Gasteiger partial charge in [-0.1, -0.05) is 58.5 Å². The lowest BCUT2D eigenvalue weighted by Crippen LogP contribution is -2.50. The Balaban J connectivity index is 1.94. The maximum atomic E-state index is 13.2. The van der Waals surface area contributed by atoms with Crippen molar-refractivity contribution in [1.82, 2.24) is 0 Å². The number of para-hydroxylation sites is 1. The first-order chi connectivity index (χ1) is 12.1. The van der Waals surface area contributed by atoms with Gasteiger partial charge in [-0.05, 0) is 12.1 Å². The largest absolute Gasteiger partial charge is 0.274 e. The SMILES string of the molecule is N#Cc1ccccc1N1C(=O)[C@@H]2[C@H](C1=O)[C@]1(Cl)C(Cl)=C(Cl)[C@]2(Cl)C1(Cl)Cl. The fourth-order valence-corrected chi connectivity index (χ4v) is 6.92. The van der Waals surface area contributed by atoms with Gasteiger partial charge in [0.1, 0.15) is 15.8 Å². The van der Waals surface area contributed by atoms with Crippen molar-refractivity contribution >= 4 is 87.1 Å². The minimum absolute atomic E-state index is 0.126. The predicted molar refractivity (Wildman–Crippen MR) is 101 cm³/mol. The maximum Gasteiger partial charge on any atom is 0.240 e. The Kier molecular flexibility index (Phi) is 3.91. The number of benzene rings is 1. The lowest BCUT2D eigenvalue weighted by Gasteiger charge is -2.34. The van der Waals surface area contributed by atoms with Gasteiger partial charge in [-0.25, -0.2) is 4.90 Å². The first kappa shape index (κ1) is 18.7. The topological polar surface area (TPSA) is 61.2 Å². The second-order valence-electron chi connectivity index (χ2n) is 6.22. The average Bonchev–Trinajstić information content (AvgIpc) is 2.99. The van der Waals surface area contributed by atoms with Gasteiger partial charge in [-0.3, -0.25) is 9.59 Å². The molecular weight excluding hydrogens is 465 g/mol. The standard InChI is InChI=1S/C16H6Cl6N2O2/c17-10-11(18)15(20)9-8(14(10,19)16(15,21)22)12(25)24(13(9)26)7-4-2-1-3-6(7)5-23/h1-4,8-9H/t8-,9+,14-,15-/m0/s1. The number of hydrogen-bond donors (Lipinski definition) is 0. The maximum absolute atomic E-state index is 13.2. The van der Waals surface area contributed by atoms with Gasteiger partial charge >= 0.3 is 0 Å². The van der Waals surface area contributed by atoms with Crippen LogP contribution in [-0.4, -0.2) is 25.9 Å². The molecule has 2 fully saturated rings. The average molecular weight is 471 g/mol. The number of carbonyl (C=O) groups is 2. The number of carbonyl (C=O) groups excluding carboxylic acids is 2. The minimum Gasteiger partial charge on any atom is -0.274 e. The van der Waals surface area contributed by atoms with E-state index in [-0.39, 0.29) is 21.3 Å². The van der Waals surface area contributed by atoms with Crippen LogP contribution >= 0.6 is 69.6 Å². The van der Waals surface area contributed by atoms with Crippen molar-refractivity contribution in [3.05, 3.63) is 39.9 Å². The third kappa shape index (κ3) is 1.72. The second-order valence-corrected chi connectivity index (χ2v) is 9.50. The highest BCUT2D eigenvalue weighted by Gasteiger charge is 2.87. The van der Waals surface area contributed by atoms with Crippen molar-refractivity contribution in [3.63, 3.8) is 0 Å². The lowest BCUT2D eigenvalue weighted by molar-refractivity contribution is -0.123. The number of alkyl halides is 4. The molecule has 4 rings (SSSR count). The van der Waals surface area contributed by atoms with Gasteiger partial charge in [0, 0.05) is 0 Å². The lowest BCUT2D eigenvalue weighted by atomic mass is 9.84. The molecule has 1 saturated heterocycles. The quantitative estimate of drug-likeness (QED) is 0.448. The molecule has 0 spiro atoms. The Hall–Kier alpha value is -0.670. The normalized spacial score (nSPS) is 37.3. The zero-order chi connectivity index (χ0) is 19.2. The number of amides is 2. The second kappa shape index (κ2) is 5.44. The van der Waals surface area contributed by atoms with E-state index >= 15 is 0 Å². The predicted octanol–water partition coefficient (Wildman–Crippen LogP) is 4.51. The number of nitrogens with zero attached hydrogens (tertiary/aromatic N) is 2. The zero-order valence-corrected chi connectivity index (χ0v) is 17.0. The highest BCUT2D eigenvalue weighted by molar-refractivity contribution is 6.67. The molecule has 1 aromatic rings. The van der Waals surface area contributed by atoms with E-state index in [1.54, 1.807) is 12.1 Å². The van der Waals surface area contributed by atoms with Gasteiger partial charge in [-0.2, -0.15) is 5.26 Å². The van der Waals surface area contributed by atoms with Crippen LogP contribution in [0.2, 0.25) is 0 Å². The molecule has 0 N–H and O–H groups in total. The number of hydrogen-bond acceptors (Lipinski definition) is 3. The summed E-state index contributed by atoms with van der Waals surface area (Å²) >= 11 is 38.5. The number of rotatable bonds is 1. The molecule has 10 heteroatoms. The summed E-state index contributed by atoms with van der Waals surface area (Å²) in [7, 11) is 0. The summed E-state index contributed by atoms with van der Waals surface area (Å²) in [6.45, 7) is 0. The van der Waals surface area contributed by atoms with Gasteiger partial charge in [0.2, 0.25) is 11.8 Å². The van der Waals surface area contributed by atoms with Gasteiger partial charge in [0.15, 0.2) is 4.33 Å². The van der Waals surface area contributed by atoms with Crippen LogP contribution in [0.1, 0.15) is 5.56 Å². The van der Waals surface area contributed by atoms with Crippen LogP contribution in [0.15, 0.2) is 34.3 Å². The smallest absolute Gasteiger partial charge is 0.240 e. The van der Waals surface area contributed by atoms with Gasteiger partial charge in [-0.15, -0.1) is 23.2 Å². The monoisotopic (exact) mass is 468 g/mol. The summed E-state index contributed by atoms with van der Waals surface area (Å²) in [4.78, 5) is 23.5. The van der Waals surface area contributed by atoms with E-state index in [9.17, 15) is 14.9 Å². The molecule has 1 aromatic carbocycles. The molecule has 1 saturated carbocycles. The van der Waals surface area contributed by atoms with Crippen molar-refractivity contribution in [2.75, 3.05) is 4.90 Å². The van der Waals surface area contributed by atoms with Crippen LogP contribution in [0.25, 0.3) is 0 Å². The molecule has 26 heavy (non-hydrogen) atoms. The molecule has 3 aliphatic rings. The molecule has 134 valence electrons. The van der Waals surface area contributed by atoms with E-state index in [1.165, 1.54) is 12.1 Å². The van der Waals surface area contributed by atoms with Gasteiger partial charge in [0.05, 0.1) is 33.2 Å². The summed E-state index contributed by atoms with van der Waals surface area (Å²) in [5.74, 6) is -3.81. The molecule has 1 aliphatic heterocycles. The van der Waals surface area contributed by atoms with E-state index in [1.807, 2.05) is 6.07 Å². The number of nitriles is 1. The fraction of sp³-hybridized carbons (Fsp3) is 0.312. The number of fused-ring (bicyclic) bond motifs is 5. The molecule has 4 atom stereocenters. The van der Waals surface area contributed by atoms with Crippen LogP contribution in [0.5, 0.6) is 0 Å². The van der Waals surface area contributed by atoms with Gasteiger partial charge in [0.25, 0.3) is 0 Å². The van der Waals surface area contributed by atoms with E-state index < -0.39 is 37.7 Å². The Morgan fingerprint density at radius 3 is 1.85 bits per heavy atom. The van der Waals surface area contributed by atoms with Crippen LogP contribution in [0.4, 0.5) is 5.69 Å². The molecule has 2 amide bonds. The Labute approximate surface area is 178 Å². The van der Waals surface area contributed by atoms with Crippen LogP contribution in [0.3, 0.4) is 0 Å². The highest BCUT2D eigenvalue weighted by atomic mass is 35.5. The van der Waals surface area contributed by atoms with Crippen LogP contribution in [-0.2, 0) is 9.59 Å². The van der Waals surface area contributed by atoms with Crippen molar-refractivity contribution < 1.29 is 9.59 Å². The van der Waals surface area contributed by atoms with Crippen molar-refractivity contribution in [1.29, 1.82) is 5.26 Å². The molecule has 0 radical (unpaired) electrons. The molecule has 1 heterocycles. The summed E-state index contributed by atoms with van der Waals surface area (Å²) in [5, 5.41) is 8.99. The summed E-state index contributed by atoms with van der Waals surface area (Å²) in [6.07, 6.45) is 0. The number of anilines is 1. The Bertz CT molecular complexity index is 924.